The second kappa shape index (κ2) is 6.04. The Balaban J connectivity index is 2.20. The predicted molar refractivity (Wildman–Crippen MR) is 78.8 cm³/mol. The monoisotopic (exact) mass is 309 g/mol. The van der Waals surface area contributed by atoms with Crippen molar-refractivity contribution in [2.75, 3.05) is 0 Å². The molecule has 8 heteroatoms. The van der Waals surface area contributed by atoms with Crippen molar-refractivity contribution in [1.29, 1.82) is 0 Å². The molecule has 0 saturated heterocycles. The van der Waals surface area contributed by atoms with Gasteiger partial charge in [0.2, 0.25) is 0 Å². The Kier molecular flexibility index (Phi) is 4.37. The van der Waals surface area contributed by atoms with Crippen molar-refractivity contribution in [1.82, 2.24) is 15.3 Å². The number of rotatable bonds is 5. The van der Waals surface area contributed by atoms with Crippen LogP contribution in [0.3, 0.4) is 0 Å². The Morgan fingerprint density at radius 1 is 1.52 bits per heavy atom. The lowest BCUT2D eigenvalue weighted by Gasteiger charge is -2.12. The number of carboxylic acid groups (broad SMARTS) is 1. The zero-order chi connectivity index (χ0) is 15.6. The number of aromatic amines is 1. The number of thiophene rings is 1. The molecule has 1 atom stereocenters. The number of nitrogens with zero attached hydrogens (tertiary/aromatic N) is 1. The minimum absolute atomic E-state index is 0.00588. The molecule has 2 aromatic heterocycles. The highest BCUT2D eigenvalue weighted by atomic mass is 32.1. The van der Waals surface area contributed by atoms with Crippen LogP contribution in [0.5, 0.6) is 0 Å². The predicted octanol–water partition coefficient (Wildman–Crippen LogP) is 1.28. The molecule has 0 radical (unpaired) electrons. The molecule has 0 aliphatic heterocycles. The van der Waals surface area contributed by atoms with Crippen molar-refractivity contribution in [3.63, 3.8) is 0 Å². The highest BCUT2D eigenvalue weighted by molar-refractivity contribution is 7.20. The summed E-state index contributed by atoms with van der Waals surface area (Å²) in [7, 11) is 0. The number of carbonyl (C=O) groups is 2. The molecule has 7 nitrogen and oxygen atoms in total. The molecule has 112 valence electrons. The molecule has 1 unspecified atom stereocenters. The topological polar surface area (TPSA) is 112 Å². The fraction of sp³-hybridized carbons (Fsp3) is 0.385. The van der Waals surface area contributed by atoms with Crippen molar-refractivity contribution >= 4 is 33.4 Å². The maximum absolute atomic E-state index is 12.2. The molecule has 2 rings (SSSR count). The van der Waals surface area contributed by atoms with Gasteiger partial charge in [0.15, 0.2) is 0 Å². The molecule has 1 amide bonds. The standard InChI is InChI=1S/C13H15N3O4S/c1-6(3-4-8(17)18)16-12(20)10-7(2)9-11(19)14-5-15-13(9)21-10/h5-6H,3-4H2,1-2H3,(H,16,20)(H,17,18)(H,14,15,19). The Labute approximate surface area is 124 Å². The summed E-state index contributed by atoms with van der Waals surface area (Å²) in [5.74, 6) is -1.21. The van der Waals surface area contributed by atoms with Gasteiger partial charge < -0.3 is 15.4 Å². The molecule has 0 spiro atoms. The number of hydrogen-bond acceptors (Lipinski definition) is 5. The van der Waals surface area contributed by atoms with Gasteiger partial charge in [0.1, 0.15) is 4.83 Å². The van der Waals surface area contributed by atoms with Gasteiger partial charge >= 0.3 is 5.97 Å². The van der Waals surface area contributed by atoms with Gasteiger partial charge in [-0.15, -0.1) is 11.3 Å². The average Bonchev–Trinajstić information content (AvgIpc) is 2.75. The second-order valence-corrected chi connectivity index (χ2v) is 5.77. The largest absolute Gasteiger partial charge is 0.481 e. The van der Waals surface area contributed by atoms with Gasteiger partial charge in [-0.3, -0.25) is 14.4 Å². The number of amides is 1. The summed E-state index contributed by atoms with van der Waals surface area (Å²) in [5.41, 5.74) is 0.319. The third-order valence-electron chi connectivity index (χ3n) is 3.11. The number of nitrogens with one attached hydrogen (secondary N) is 2. The minimum atomic E-state index is -0.898. The summed E-state index contributed by atoms with van der Waals surface area (Å²) in [6.07, 6.45) is 1.65. The zero-order valence-corrected chi connectivity index (χ0v) is 12.4. The van der Waals surface area contributed by atoms with Crippen LogP contribution in [-0.2, 0) is 4.79 Å². The number of carbonyl (C=O) groups excluding carboxylic acids is 1. The Morgan fingerprint density at radius 3 is 2.86 bits per heavy atom. The number of hydrogen-bond donors (Lipinski definition) is 3. The van der Waals surface area contributed by atoms with E-state index in [1.807, 2.05) is 0 Å². The normalized spacial score (nSPS) is 12.3. The average molecular weight is 309 g/mol. The van der Waals surface area contributed by atoms with E-state index < -0.39 is 5.97 Å². The van der Waals surface area contributed by atoms with E-state index in [1.54, 1.807) is 13.8 Å². The summed E-state index contributed by atoms with van der Waals surface area (Å²) in [6.45, 7) is 3.45. The van der Waals surface area contributed by atoms with Crippen LogP contribution >= 0.6 is 11.3 Å². The van der Waals surface area contributed by atoms with Crippen molar-refractivity contribution < 1.29 is 14.7 Å². The molecule has 0 saturated carbocycles. The van der Waals surface area contributed by atoms with Crippen LogP contribution in [0.2, 0.25) is 0 Å². The maximum Gasteiger partial charge on any atom is 0.303 e. The quantitative estimate of drug-likeness (QED) is 0.770. The fourth-order valence-corrected chi connectivity index (χ4v) is 3.05. The van der Waals surface area contributed by atoms with Gasteiger partial charge in [-0.2, -0.15) is 0 Å². The van der Waals surface area contributed by atoms with Gasteiger partial charge in [0.05, 0.1) is 16.6 Å². The SMILES string of the molecule is Cc1c(C(=O)NC(C)CCC(=O)O)sc2nc[nH]c(=O)c12. The highest BCUT2D eigenvalue weighted by Gasteiger charge is 2.19. The molecule has 0 fully saturated rings. The summed E-state index contributed by atoms with van der Waals surface area (Å²) >= 11 is 1.15. The smallest absolute Gasteiger partial charge is 0.303 e. The molecular formula is C13H15N3O4S. The first-order chi connectivity index (χ1) is 9.90. The number of H-pyrrole nitrogens is 1. The lowest BCUT2D eigenvalue weighted by atomic mass is 10.1. The second-order valence-electron chi connectivity index (χ2n) is 4.77. The third-order valence-corrected chi connectivity index (χ3v) is 4.31. The van der Waals surface area contributed by atoms with Crippen LogP contribution in [0, 0.1) is 6.92 Å². The fourth-order valence-electron chi connectivity index (χ4n) is 2.00. The first-order valence-electron chi connectivity index (χ1n) is 6.39. The van der Waals surface area contributed by atoms with Crippen LogP contribution in [-0.4, -0.2) is 33.0 Å². The van der Waals surface area contributed by atoms with Gasteiger partial charge in [-0.1, -0.05) is 0 Å². The Hall–Kier alpha value is -2.22. The first-order valence-corrected chi connectivity index (χ1v) is 7.21. The number of aliphatic carboxylic acids is 1. The van der Waals surface area contributed by atoms with E-state index in [-0.39, 0.29) is 23.9 Å². The summed E-state index contributed by atoms with van der Waals surface area (Å²) in [5, 5.41) is 11.8. The van der Waals surface area contributed by atoms with Gasteiger partial charge in [0, 0.05) is 12.5 Å². The van der Waals surface area contributed by atoms with Crippen LogP contribution in [0.15, 0.2) is 11.1 Å². The lowest BCUT2D eigenvalue weighted by Crippen LogP contribution is -2.32. The zero-order valence-electron chi connectivity index (χ0n) is 11.6. The molecule has 21 heavy (non-hydrogen) atoms. The number of aryl methyl sites for hydroxylation is 1. The van der Waals surface area contributed by atoms with Crippen molar-refractivity contribution in [2.24, 2.45) is 0 Å². The molecule has 2 heterocycles. The van der Waals surface area contributed by atoms with E-state index in [0.717, 1.165) is 11.3 Å². The van der Waals surface area contributed by atoms with E-state index >= 15 is 0 Å². The number of carboxylic acids is 1. The number of fused-ring (bicyclic) bond motifs is 1. The molecule has 0 bridgehead atoms. The molecule has 0 aliphatic rings. The van der Waals surface area contributed by atoms with E-state index in [2.05, 4.69) is 15.3 Å². The first kappa shape index (κ1) is 15.2. The van der Waals surface area contributed by atoms with Crippen molar-refractivity contribution in [3.05, 3.63) is 27.1 Å². The van der Waals surface area contributed by atoms with E-state index in [9.17, 15) is 14.4 Å². The number of aromatic nitrogens is 2. The molecule has 0 aliphatic carbocycles. The van der Waals surface area contributed by atoms with Crippen molar-refractivity contribution in [2.45, 2.75) is 32.7 Å². The van der Waals surface area contributed by atoms with Gasteiger partial charge in [0.25, 0.3) is 11.5 Å². The Bertz CT molecular complexity index is 749. The summed E-state index contributed by atoms with van der Waals surface area (Å²) in [6, 6.07) is -0.260. The van der Waals surface area contributed by atoms with E-state index in [1.165, 1.54) is 6.33 Å². The van der Waals surface area contributed by atoms with Crippen molar-refractivity contribution in [3.8, 4) is 0 Å². The Morgan fingerprint density at radius 2 is 2.24 bits per heavy atom. The van der Waals surface area contributed by atoms with Crippen LogP contribution in [0.1, 0.15) is 35.0 Å². The van der Waals surface area contributed by atoms with Crippen LogP contribution < -0.4 is 10.9 Å². The molecule has 3 N–H and O–H groups in total. The molecular weight excluding hydrogens is 294 g/mol. The third kappa shape index (κ3) is 3.27. The van der Waals surface area contributed by atoms with Gasteiger partial charge in [-0.05, 0) is 25.8 Å². The summed E-state index contributed by atoms with van der Waals surface area (Å²) in [4.78, 5) is 41.9. The van der Waals surface area contributed by atoms with Gasteiger partial charge in [-0.25, -0.2) is 4.98 Å². The van der Waals surface area contributed by atoms with E-state index in [0.29, 0.717) is 27.1 Å². The molecule has 0 aromatic carbocycles. The van der Waals surface area contributed by atoms with E-state index in [4.69, 9.17) is 5.11 Å². The molecule has 2 aromatic rings. The van der Waals surface area contributed by atoms with Crippen LogP contribution in [0.4, 0.5) is 0 Å². The summed E-state index contributed by atoms with van der Waals surface area (Å²) < 4.78 is 0. The highest BCUT2D eigenvalue weighted by Crippen LogP contribution is 2.26. The maximum atomic E-state index is 12.2. The lowest BCUT2D eigenvalue weighted by molar-refractivity contribution is -0.137. The minimum Gasteiger partial charge on any atom is -0.481 e. The van der Waals surface area contributed by atoms with Crippen LogP contribution in [0.25, 0.3) is 10.2 Å².